The third-order valence-electron chi connectivity index (χ3n) is 2.43. The Bertz CT molecular complexity index is 99.7. The van der Waals surface area contributed by atoms with Crippen LogP contribution in [0.15, 0.2) is 0 Å². The molecule has 1 saturated heterocycles. The van der Waals surface area contributed by atoms with Crippen LogP contribution in [0.1, 0.15) is 26.2 Å². The summed E-state index contributed by atoms with van der Waals surface area (Å²) < 4.78 is 5.40. The van der Waals surface area contributed by atoms with E-state index in [1.54, 1.807) is 0 Å². The third kappa shape index (κ3) is 3.21. The van der Waals surface area contributed by atoms with Gasteiger partial charge in [0.2, 0.25) is 0 Å². The van der Waals surface area contributed by atoms with E-state index in [1.165, 1.54) is 19.3 Å². The highest BCUT2D eigenvalue weighted by atomic mass is 16.5. The normalized spacial score (nSPS) is 28.4. The summed E-state index contributed by atoms with van der Waals surface area (Å²) in [5.74, 6) is 0.797. The second kappa shape index (κ2) is 4.73. The molecule has 0 radical (unpaired) electrons. The number of nitrogens with one attached hydrogen (secondary N) is 1. The lowest BCUT2D eigenvalue weighted by Gasteiger charge is -2.24. The molecule has 2 atom stereocenters. The number of ether oxygens (including phenoxy) is 1. The third-order valence-corrected chi connectivity index (χ3v) is 2.43. The molecule has 2 nitrogen and oxygen atoms in total. The van der Waals surface area contributed by atoms with Crippen molar-refractivity contribution in [3.05, 3.63) is 0 Å². The maximum Gasteiger partial charge on any atom is 0.0494 e. The predicted molar refractivity (Wildman–Crippen MR) is 46.7 cm³/mol. The van der Waals surface area contributed by atoms with Gasteiger partial charge in [-0.15, -0.1) is 0 Å². The molecule has 0 aliphatic carbocycles. The molecule has 1 N–H and O–H groups in total. The lowest BCUT2D eigenvalue weighted by atomic mass is 9.95. The molecular weight excluding hydrogens is 138 g/mol. The fourth-order valence-electron chi connectivity index (χ4n) is 1.61. The molecule has 1 heterocycles. The molecule has 1 fully saturated rings. The Morgan fingerprint density at radius 1 is 1.64 bits per heavy atom. The van der Waals surface area contributed by atoms with E-state index in [9.17, 15) is 0 Å². The molecule has 1 aliphatic heterocycles. The zero-order valence-corrected chi connectivity index (χ0v) is 7.60. The van der Waals surface area contributed by atoms with Crippen LogP contribution >= 0.6 is 0 Å². The monoisotopic (exact) mass is 157 g/mol. The van der Waals surface area contributed by atoms with E-state index in [2.05, 4.69) is 12.2 Å². The molecule has 2 unspecified atom stereocenters. The van der Waals surface area contributed by atoms with Crippen LogP contribution in [-0.4, -0.2) is 26.3 Å². The van der Waals surface area contributed by atoms with Gasteiger partial charge in [0.1, 0.15) is 0 Å². The van der Waals surface area contributed by atoms with E-state index in [1.807, 2.05) is 7.05 Å². The average Bonchev–Trinajstić information content (AvgIpc) is 2.06. The maximum atomic E-state index is 5.40. The van der Waals surface area contributed by atoms with Crippen molar-refractivity contribution < 1.29 is 4.74 Å². The number of hydrogen-bond acceptors (Lipinski definition) is 2. The molecule has 1 rings (SSSR count). The second-order valence-corrected chi connectivity index (χ2v) is 3.51. The van der Waals surface area contributed by atoms with Crippen LogP contribution in [0.4, 0.5) is 0 Å². The Labute approximate surface area is 69.3 Å². The summed E-state index contributed by atoms with van der Waals surface area (Å²) >= 11 is 0. The summed E-state index contributed by atoms with van der Waals surface area (Å²) in [6.07, 6.45) is 3.86. The first kappa shape index (κ1) is 9.01. The van der Waals surface area contributed by atoms with Gasteiger partial charge >= 0.3 is 0 Å². The van der Waals surface area contributed by atoms with Crippen molar-refractivity contribution in [3.63, 3.8) is 0 Å². The molecular formula is C9H19NO. The van der Waals surface area contributed by atoms with Crippen molar-refractivity contribution >= 4 is 0 Å². The Kier molecular flexibility index (Phi) is 3.87. The van der Waals surface area contributed by atoms with Crippen molar-refractivity contribution in [1.82, 2.24) is 5.32 Å². The molecule has 0 saturated carbocycles. The van der Waals surface area contributed by atoms with E-state index in [4.69, 9.17) is 4.74 Å². The Morgan fingerprint density at radius 2 is 2.45 bits per heavy atom. The van der Waals surface area contributed by atoms with Gasteiger partial charge in [-0.05, 0) is 39.2 Å². The lowest BCUT2D eigenvalue weighted by molar-refractivity contribution is 0.0486. The molecule has 0 spiro atoms. The van der Waals surface area contributed by atoms with Gasteiger partial charge in [0.05, 0.1) is 0 Å². The van der Waals surface area contributed by atoms with Gasteiger partial charge in [-0.25, -0.2) is 0 Å². The summed E-state index contributed by atoms with van der Waals surface area (Å²) in [4.78, 5) is 0. The molecule has 0 aromatic heterocycles. The van der Waals surface area contributed by atoms with Crippen LogP contribution in [0, 0.1) is 5.92 Å². The van der Waals surface area contributed by atoms with Crippen LogP contribution < -0.4 is 5.32 Å². The first-order valence-corrected chi connectivity index (χ1v) is 4.58. The fourth-order valence-corrected chi connectivity index (χ4v) is 1.61. The van der Waals surface area contributed by atoms with Gasteiger partial charge in [0, 0.05) is 19.3 Å². The summed E-state index contributed by atoms with van der Waals surface area (Å²) in [6, 6.07) is 0.640. The van der Waals surface area contributed by atoms with Gasteiger partial charge in [-0.2, -0.15) is 0 Å². The standard InChI is InChI=1S/C9H19NO/c1-8(10-2)6-9-4-3-5-11-7-9/h8-10H,3-7H2,1-2H3. The van der Waals surface area contributed by atoms with Crippen molar-refractivity contribution in [1.29, 1.82) is 0 Å². The van der Waals surface area contributed by atoms with Crippen LogP contribution in [0.25, 0.3) is 0 Å². The fraction of sp³-hybridized carbons (Fsp3) is 1.00. The highest BCUT2D eigenvalue weighted by Gasteiger charge is 2.15. The van der Waals surface area contributed by atoms with Crippen LogP contribution in [0.5, 0.6) is 0 Å². The maximum absolute atomic E-state index is 5.40. The Morgan fingerprint density at radius 3 is 3.00 bits per heavy atom. The molecule has 1 aliphatic rings. The molecule has 2 heteroatoms. The SMILES string of the molecule is CNC(C)CC1CCCOC1. The zero-order chi connectivity index (χ0) is 8.10. The first-order chi connectivity index (χ1) is 5.33. The van der Waals surface area contributed by atoms with Gasteiger partial charge in [0.15, 0.2) is 0 Å². The Hall–Kier alpha value is -0.0800. The van der Waals surface area contributed by atoms with E-state index in [0.29, 0.717) is 6.04 Å². The minimum atomic E-state index is 0.640. The number of hydrogen-bond donors (Lipinski definition) is 1. The molecule has 11 heavy (non-hydrogen) atoms. The largest absolute Gasteiger partial charge is 0.381 e. The van der Waals surface area contributed by atoms with E-state index in [-0.39, 0.29) is 0 Å². The van der Waals surface area contributed by atoms with Crippen molar-refractivity contribution in [2.24, 2.45) is 5.92 Å². The topological polar surface area (TPSA) is 21.3 Å². The summed E-state index contributed by atoms with van der Waals surface area (Å²) in [7, 11) is 2.02. The summed E-state index contributed by atoms with van der Waals surface area (Å²) in [5.41, 5.74) is 0. The highest BCUT2D eigenvalue weighted by Crippen LogP contribution is 2.18. The van der Waals surface area contributed by atoms with Gasteiger partial charge in [-0.1, -0.05) is 0 Å². The number of rotatable bonds is 3. The van der Waals surface area contributed by atoms with Crippen LogP contribution in [-0.2, 0) is 4.74 Å². The second-order valence-electron chi connectivity index (χ2n) is 3.51. The smallest absolute Gasteiger partial charge is 0.0494 e. The lowest BCUT2D eigenvalue weighted by Crippen LogP contribution is -2.28. The van der Waals surface area contributed by atoms with Gasteiger partial charge < -0.3 is 10.1 Å². The molecule has 0 amide bonds. The Balaban J connectivity index is 2.13. The zero-order valence-electron chi connectivity index (χ0n) is 7.60. The van der Waals surface area contributed by atoms with Crippen molar-refractivity contribution in [2.75, 3.05) is 20.3 Å². The van der Waals surface area contributed by atoms with E-state index in [0.717, 1.165) is 19.1 Å². The van der Waals surface area contributed by atoms with Crippen molar-refractivity contribution in [3.8, 4) is 0 Å². The van der Waals surface area contributed by atoms with Crippen molar-refractivity contribution in [2.45, 2.75) is 32.2 Å². The molecule has 66 valence electrons. The van der Waals surface area contributed by atoms with E-state index < -0.39 is 0 Å². The minimum absolute atomic E-state index is 0.640. The molecule has 0 aromatic rings. The minimum Gasteiger partial charge on any atom is -0.381 e. The average molecular weight is 157 g/mol. The summed E-state index contributed by atoms with van der Waals surface area (Å²) in [5, 5.41) is 3.26. The van der Waals surface area contributed by atoms with Gasteiger partial charge in [-0.3, -0.25) is 0 Å². The van der Waals surface area contributed by atoms with E-state index >= 15 is 0 Å². The molecule has 0 bridgehead atoms. The highest BCUT2D eigenvalue weighted by molar-refractivity contribution is 4.68. The first-order valence-electron chi connectivity index (χ1n) is 4.58. The predicted octanol–water partition coefficient (Wildman–Crippen LogP) is 1.41. The quantitative estimate of drug-likeness (QED) is 0.669. The molecule has 0 aromatic carbocycles. The van der Waals surface area contributed by atoms with Crippen LogP contribution in [0.3, 0.4) is 0 Å². The summed E-state index contributed by atoms with van der Waals surface area (Å²) in [6.45, 7) is 4.19. The van der Waals surface area contributed by atoms with Gasteiger partial charge in [0.25, 0.3) is 0 Å². The van der Waals surface area contributed by atoms with Crippen LogP contribution in [0.2, 0.25) is 0 Å².